The maximum Gasteiger partial charge on any atom is 0.296 e. The highest BCUT2D eigenvalue weighted by Crippen LogP contribution is 2.17. The lowest BCUT2D eigenvalue weighted by atomic mass is 10.3. The van der Waals surface area contributed by atoms with Gasteiger partial charge in [0.15, 0.2) is 0 Å². The summed E-state index contributed by atoms with van der Waals surface area (Å²) >= 11 is 1.59. The van der Waals surface area contributed by atoms with Crippen LogP contribution in [0.4, 0.5) is 11.4 Å². The predicted octanol–water partition coefficient (Wildman–Crippen LogP) is 1.68. The van der Waals surface area contributed by atoms with Crippen molar-refractivity contribution >= 4 is 32.9 Å². The van der Waals surface area contributed by atoms with Gasteiger partial charge in [-0.05, 0) is 25.1 Å². The second kappa shape index (κ2) is 5.55. The third-order valence-electron chi connectivity index (χ3n) is 2.26. The van der Waals surface area contributed by atoms with E-state index in [1.165, 1.54) is 0 Å². The normalized spacial score (nSPS) is 11.3. The summed E-state index contributed by atoms with van der Waals surface area (Å²) in [4.78, 5) is 4.33. The standard InChI is InChI=1S/C11H14N4O2S2/c1-8-14-11(7-18-8)6-13-9-3-2-4-10(5-9)15-19(12,16)17/h2-5,7,13,15H,6H2,1H3,(H2,12,16,17). The molecule has 0 amide bonds. The predicted molar refractivity (Wildman–Crippen MR) is 77.3 cm³/mol. The maximum absolute atomic E-state index is 10.9. The molecule has 2 rings (SSSR count). The molecule has 0 fully saturated rings. The van der Waals surface area contributed by atoms with E-state index in [9.17, 15) is 8.42 Å². The molecule has 2 aromatic rings. The molecule has 1 aromatic heterocycles. The lowest BCUT2D eigenvalue weighted by molar-refractivity contribution is 0.603. The van der Waals surface area contributed by atoms with Crippen LogP contribution in [0.25, 0.3) is 0 Å². The number of aryl methyl sites for hydroxylation is 1. The van der Waals surface area contributed by atoms with Crippen molar-refractivity contribution in [2.75, 3.05) is 10.0 Å². The van der Waals surface area contributed by atoms with Crippen molar-refractivity contribution in [2.45, 2.75) is 13.5 Å². The molecule has 4 N–H and O–H groups in total. The fourth-order valence-electron chi connectivity index (χ4n) is 1.54. The topological polar surface area (TPSA) is 97.1 Å². The van der Waals surface area contributed by atoms with Gasteiger partial charge in [0.25, 0.3) is 10.2 Å². The van der Waals surface area contributed by atoms with Crippen LogP contribution >= 0.6 is 11.3 Å². The van der Waals surface area contributed by atoms with Gasteiger partial charge in [-0.2, -0.15) is 8.42 Å². The van der Waals surface area contributed by atoms with Gasteiger partial charge in [-0.3, -0.25) is 4.72 Å². The van der Waals surface area contributed by atoms with E-state index in [2.05, 4.69) is 15.0 Å². The Labute approximate surface area is 115 Å². The monoisotopic (exact) mass is 298 g/mol. The summed E-state index contributed by atoms with van der Waals surface area (Å²) in [5.74, 6) is 0. The quantitative estimate of drug-likeness (QED) is 0.782. The van der Waals surface area contributed by atoms with E-state index in [4.69, 9.17) is 5.14 Å². The maximum atomic E-state index is 10.9. The summed E-state index contributed by atoms with van der Waals surface area (Å²) in [5.41, 5.74) is 2.16. The van der Waals surface area contributed by atoms with Gasteiger partial charge in [0, 0.05) is 11.1 Å². The van der Waals surface area contributed by atoms with E-state index in [0.29, 0.717) is 12.2 Å². The minimum Gasteiger partial charge on any atom is -0.379 e. The van der Waals surface area contributed by atoms with Crippen molar-refractivity contribution in [3.63, 3.8) is 0 Å². The van der Waals surface area contributed by atoms with Gasteiger partial charge in [0.05, 0.1) is 22.9 Å². The first-order chi connectivity index (χ1) is 8.92. The van der Waals surface area contributed by atoms with Crippen molar-refractivity contribution in [3.8, 4) is 0 Å². The van der Waals surface area contributed by atoms with Crippen molar-refractivity contribution < 1.29 is 8.42 Å². The largest absolute Gasteiger partial charge is 0.379 e. The molecule has 0 spiro atoms. The van der Waals surface area contributed by atoms with Gasteiger partial charge in [-0.25, -0.2) is 10.1 Å². The molecule has 19 heavy (non-hydrogen) atoms. The van der Waals surface area contributed by atoms with Crippen LogP contribution in [0.2, 0.25) is 0 Å². The van der Waals surface area contributed by atoms with Gasteiger partial charge in [0.1, 0.15) is 0 Å². The first-order valence-corrected chi connectivity index (χ1v) is 7.90. The molecular formula is C11H14N4O2S2. The molecule has 0 saturated heterocycles. The molecule has 0 aliphatic heterocycles. The summed E-state index contributed by atoms with van der Waals surface area (Å²) in [5, 5.41) is 11.1. The Balaban J connectivity index is 2.03. The van der Waals surface area contributed by atoms with Crippen LogP contribution in [-0.2, 0) is 16.8 Å². The zero-order chi connectivity index (χ0) is 13.9. The number of rotatable bonds is 5. The van der Waals surface area contributed by atoms with Crippen LogP contribution in [0.1, 0.15) is 10.7 Å². The molecule has 6 nitrogen and oxygen atoms in total. The Bertz CT molecular complexity index is 667. The summed E-state index contributed by atoms with van der Waals surface area (Å²) in [6.45, 7) is 2.54. The molecule has 102 valence electrons. The SMILES string of the molecule is Cc1nc(CNc2cccc(NS(N)(=O)=O)c2)cs1. The number of hydrogen-bond acceptors (Lipinski definition) is 5. The number of nitrogens with two attached hydrogens (primary N) is 1. The molecule has 0 radical (unpaired) electrons. The zero-order valence-electron chi connectivity index (χ0n) is 10.3. The lowest BCUT2D eigenvalue weighted by Crippen LogP contribution is -2.21. The molecule has 0 aliphatic carbocycles. The average molecular weight is 298 g/mol. The molecule has 0 aliphatic rings. The van der Waals surface area contributed by atoms with Crippen LogP contribution in [-0.4, -0.2) is 13.4 Å². The van der Waals surface area contributed by atoms with Crippen LogP contribution in [0.5, 0.6) is 0 Å². The van der Waals surface area contributed by atoms with Crippen LogP contribution in [0.3, 0.4) is 0 Å². The fraction of sp³-hybridized carbons (Fsp3) is 0.182. The highest BCUT2D eigenvalue weighted by molar-refractivity contribution is 7.90. The second-order valence-corrected chi connectivity index (χ2v) is 6.30. The average Bonchev–Trinajstić information content (AvgIpc) is 2.71. The Kier molecular flexibility index (Phi) is 4.03. The number of nitrogens with zero attached hydrogens (tertiary/aromatic N) is 1. The van der Waals surface area contributed by atoms with Crippen LogP contribution in [0, 0.1) is 6.92 Å². The molecule has 0 unspecified atom stereocenters. The van der Waals surface area contributed by atoms with Gasteiger partial charge in [-0.1, -0.05) is 6.07 Å². The van der Waals surface area contributed by atoms with Crippen LogP contribution in [0.15, 0.2) is 29.6 Å². The van der Waals surface area contributed by atoms with E-state index in [0.717, 1.165) is 16.4 Å². The highest BCUT2D eigenvalue weighted by atomic mass is 32.2. The number of anilines is 2. The van der Waals surface area contributed by atoms with E-state index < -0.39 is 10.2 Å². The van der Waals surface area contributed by atoms with Crippen LogP contribution < -0.4 is 15.2 Å². The highest BCUT2D eigenvalue weighted by Gasteiger charge is 2.03. The number of nitrogens with one attached hydrogen (secondary N) is 2. The molecular weight excluding hydrogens is 284 g/mol. The molecule has 1 heterocycles. The Hall–Kier alpha value is -1.64. The van der Waals surface area contributed by atoms with E-state index in [1.807, 2.05) is 18.4 Å². The Morgan fingerprint density at radius 1 is 1.37 bits per heavy atom. The van der Waals surface area contributed by atoms with E-state index in [-0.39, 0.29) is 0 Å². The van der Waals surface area contributed by atoms with Gasteiger partial charge in [-0.15, -0.1) is 11.3 Å². The number of thiazole rings is 1. The van der Waals surface area contributed by atoms with Gasteiger partial charge in [0.2, 0.25) is 0 Å². The third kappa shape index (κ3) is 4.51. The Morgan fingerprint density at radius 2 is 2.11 bits per heavy atom. The van der Waals surface area contributed by atoms with E-state index in [1.54, 1.807) is 29.5 Å². The van der Waals surface area contributed by atoms with Crippen molar-refractivity contribution in [2.24, 2.45) is 5.14 Å². The number of aromatic nitrogens is 1. The smallest absolute Gasteiger partial charge is 0.296 e. The lowest BCUT2D eigenvalue weighted by Gasteiger charge is -2.08. The summed E-state index contributed by atoms with van der Waals surface area (Å²) in [7, 11) is -3.75. The molecule has 1 aromatic carbocycles. The first-order valence-electron chi connectivity index (χ1n) is 5.48. The number of hydrogen-bond donors (Lipinski definition) is 3. The van der Waals surface area contributed by atoms with Gasteiger partial charge >= 0.3 is 0 Å². The van der Waals surface area contributed by atoms with E-state index >= 15 is 0 Å². The molecule has 8 heteroatoms. The van der Waals surface area contributed by atoms with Crippen molar-refractivity contribution in [3.05, 3.63) is 40.3 Å². The zero-order valence-corrected chi connectivity index (χ0v) is 11.9. The van der Waals surface area contributed by atoms with Crippen molar-refractivity contribution in [1.82, 2.24) is 4.98 Å². The Morgan fingerprint density at radius 3 is 2.74 bits per heavy atom. The minimum absolute atomic E-state index is 0.418. The number of benzene rings is 1. The third-order valence-corrected chi connectivity index (χ3v) is 3.61. The summed E-state index contributed by atoms with van der Waals surface area (Å²) < 4.78 is 24.1. The summed E-state index contributed by atoms with van der Waals surface area (Å²) in [6, 6.07) is 6.88. The summed E-state index contributed by atoms with van der Waals surface area (Å²) in [6.07, 6.45) is 0. The fourth-order valence-corrected chi connectivity index (χ4v) is 2.61. The minimum atomic E-state index is -3.75. The first kappa shape index (κ1) is 13.8. The van der Waals surface area contributed by atoms with Gasteiger partial charge < -0.3 is 5.32 Å². The molecule has 0 saturated carbocycles. The second-order valence-electron chi connectivity index (χ2n) is 3.94. The molecule has 0 atom stereocenters. The van der Waals surface area contributed by atoms with Crippen molar-refractivity contribution in [1.29, 1.82) is 0 Å². The molecule has 0 bridgehead atoms.